The van der Waals surface area contributed by atoms with E-state index in [0.717, 1.165) is 4.47 Å². The summed E-state index contributed by atoms with van der Waals surface area (Å²) in [4.78, 5) is 31.2. The quantitative estimate of drug-likeness (QED) is 0.624. The Bertz CT molecular complexity index is 1010. The second-order valence-electron chi connectivity index (χ2n) is 5.52. The minimum Gasteiger partial charge on any atom is -0.503 e. The number of aliphatic hydroxyl groups is 1. The molecule has 8 heteroatoms. The Labute approximate surface area is 160 Å². The van der Waals surface area contributed by atoms with Crippen molar-refractivity contribution in [3.8, 4) is 0 Å². The molecular formula is C18H11BrN2O4S. The molecule has 1 aliphatic heterocycles. The second-order valence-corrected chi connectivity index (χ2v) is 7.30. The lowest BCUT2D eigenvalue weighted by atomic mass is 9.95. The van der Waals surface area contributed by atoms with Crippen molar-refractivity contribution in [2.75, 3.05) is 4.90 Å². The first kappa shape index (κ1) is 16.7. The lowest BCUT2D eigenvalue weighted by molar-refractivity contribution is -0.117. The zero-order chi connectivity index (χ0) is 18.3. The summed E-state index contributed by atoms with van der Waals surface area (Å²) >= 11 is 4.65. The smallest absolute Gasteiger partial charge is 0.296 e. The van der Waals surface area contributed by atoms with Crippen LogP contribution in [0.5, 0.6) is 0 Å². The minimum absolute atomic E-state index is 0.0294. The molecule has 1 aromatic carbocycles. The molecule has 3 aromatic rings. The summed E-state index contributed by atoms with van der Waals surface area (Å²) in [6.45, 7) is 0. The molecule has 1 N–H and O–H groups in total. The van der Waals surface area contributed by atoms with Gasteiger partial charge >= 0.3 is 0 Å². The van der Waals surface area contributed by atoms with E-state index >= 15 is 0 Å². The molecule has 6 nitrogen and oxygen atoms in total. The Hall–Kier alpha value is -2.71. The summed E-state index contributed by atoms with van der Waals surface area (Å²) < 4.78 is 5.97. The highest BCUT2D eigenvalue weighted by Crippen LogP contribution is 2.42. The largest absolute Gasteiger partial charge is 0.503 e. The fraction of sp³-hybridized carbons (Fsp3) is 0.0556. The fourth-order valence-electron chi connectivity index (χ4n) is 2.90. The highest BCUT2D eigenvalue weighted by Gasteiger charge is 2.46. The molecule has 0 spiro atoms. The monoisotopic (exact) mass is 430 g/mol. The van der Waals surface area contributed by atoms with Gasteiger partial charge in [0.05, 0.1) is 17.9 Å². The van der Waals surface area contributed by atoms with Gasteiger partial charge in [-0.2, -0.15) is 0 Å². The number of amides is 1. The van der Waals surface area contributed by atoms with Crippen LogP contribution in [0.2, 0.25) is 0 Å². The molecule has 0 unspecified atom stereocenters. The molecule has 130 valence electrons. The zero-order valence-electron chi connectivity index (χ0n) is 13.1. The molecule has 0 radical (unpaired) electrons. The van der Waals surface area contributed by atoms with Gasteiger partial charge in [0.2, 0.25) is 5.78 Å². The summed E-state index contributed by atoms with van der Waals surface area (Å²) in [6.07, 6.45) is 2.93. The van der Waals surface area contributed by atoms with Crippen molar-refractivity contribution in [1.82, 2.24) is 4.98 Å². The number of benzene rings is 1. The van der Waals surface area contributed by atoms with Crippen LogP contribution in [0.3, 0.4) is 0 Å². The normalized spacial score (nSPS) is 17.2. The Morgan fingerprint density at radius 3 is 2.81 bits per heavy atom. The third kappa shape index (κ3) is 2.67. The van der Waals surface area contributed by atoms with Crippen LogP contribution in [0, 0.1) is 0 Å². The van der Waals surface area contributed by atoms with Gasteiger partial charge in [-0.1, -0.05) is 28.1 Å². The van der Waals surface area contributed by atoms with Gasteiger partial charge in [0.1, 0.15) is 0 Å². The minimum atomic E-state index is -0.802. The van der Waals surface area contributed by atoms with E-state index in [9.17, 15) is 14.7 Å². The first-order valence-corrected chi connectivity index (χ1v) is 9.25. The van der Waals surface area contributed by atoms with Crippen molar-refractivity contribution in [2.24, 2.45) is 0 Å². The van der Waals surface area contributed by atoms with E-state index in [-0.39, 0.29) is 11.3 Å². The molecule has 1 atom stereocenters. The van der Waals surface area contributed by atoms with E-state index in [4.69, 9.17) is 4.42 Å². The van der Waals surface area contributed by atoms with E-state index in [1.165, 1.54) is 28.6 Å². The number of carbonyl (C=O) groups excluding carboxylic acids is 2. The number of anilines is 1. The van der Waals surface area contributed by atoms with Gasteiger partial charge in [-0.05, 0) is 29.8 Å². The van der Waals surface area contributed by atoms with E-state index in [0.29, 0.717) is 10.7 Å². The predicted molar refractivity (Wildman–Crippen MR) is 99.2 cm³/mol. The molecule has 0 saturated heterocycles. The molecular weight excluding hydrogens is 420 g/mol. The van der Waals surface area contributed by atoms with Gasteiger partial charge in [0.15, 0.2) is 16.7 Å². The molecule has 0 bridgehead atoms. The van der Waals surface area contributed by atoms with Gasteiger partial charge in [0, 0.05) is 16.0 Å². The van der Waals surface area contributed by atoms with Crippen LogP contribution in [0.15, 0.2) is 74.5 Å². The van der Waals surface area contributed by atoms with Crippen LogP contribution in [0.25, 0.3) is 0 Å². The summed E-state index contributed by atoms with van der Waals surface area (Å²) in [5.41, 5.74) is 0.639. The van der Waals surface area contributed by atoms with Gasteiger partial charge in [-0.25, -0.2) is 4.98 Å². The highest BCUT2D eigenvalue weighted by molar-refractivity contribution is 9.10. The van der Waals surface area contributed by atoms with Crippen molar-refractivity contribution < 1.29 is 19.1 Å². The topological polar surface area (TPSA) is 83.6 Å². The van der Waals surface area contributed by atoms with Crippen LogP contribution in [0.4, 0.5) is 5.13 Å². The average Bonchev–Trinajstić information content (AvgIpc) is 3.37. The molecule has 3 heterocycles. The van der Waals surface area contributed by atoms with Crippen molar-refractivity contribution in [2.45, 2.75) is 6.04 Å². The Kier molecular flexibility index (Phi) is 4.21. The maximum absolute atomic E-state index is 12.9. The van der Waals surface area contributed by atoms with Gasteiger partial charge < -0.3 is 9.52 Å². The molecule has 1 amide bonds. The summed E-state index contributed by atoms with van der Waals surface area (Å²) in [6, 6.07) is 9.50. The zero-order valence-corrected chi connectivity index (χ0v) is 15.5. The number of halogens is 1. The summed E-state index contributed by atoms with van der Waals surface area (Å²) in [5, 5.41) is 12.6. The number of rotatable bonds is 4. The molecule has 0 saturated carbocycles. The fourth-order valence-corrected chi connectivity index (χ4v) is 3.99. The Morgan fingerprint density at radius 1 is 1.31 bits per heavy atom. The molecule has 1 aliphatic rings. The van der Waals surface area contributed by atoms with E-state index in [1.54, 1.807) is 35.8 Å². The number of carbonyl (C=O) groups is 2. The van der Waals surface area contributed by atoms with Gasteiger partial charge in [0.25, 0.3) is 5.91 Å². The molecule has 26 heavy (non-hydrogen) atoms. The van der Waals surface area contributed by atoms with Crippen LogP contribution in [-0.4, -0.2) is 21.8 Å². The second kappa shape index (κ2) is 6.54. The lowest BCUT2D eigenvalue weighted by Crippen LogP contribution is -2.30. The average molecular weight is 431 g/mol. The van der Waals surface area contributed by atoms with Crippen molar-refractivity contribution in [3.05, 3.63) is 81.4 Å². The van der Waals surface area contributed by atoms with E-state index < -0.39 is 23.5 Å². The number of aliphatic hydroxyl groups excluding tert-OH is 1. The summed E-state index contributed by atoms with van der Waals surface area (Å²) in [7, 11) is 0. The SMILES string of the molecule is O=C(C1=C(O)C(=O)N(c2nccs2)[C@@H]1c1cccc(Br)c1)c1ccco1. The maximum Gasteiger partial charge on any atom is 0.296 e. The molecule has 2 aromatic heterocycles. The number of hydrogen-bond acceptors (Lipinski definition) is 6. The maximum atomic E-state index is 12.9. The first-order valence-electron chi connectivity index (χ1n) is 7.58. The number of furan rings is 1. The number of ketones is 1. The number of nitrogens with zero attached hydrogens (tertiary/aromatic N) is 2. The number of thiazole rings is 1. The number of Topliss-reactive ketones (excluding diaryl/α,β-unsaturated/α-hetero) is 1. The van der Waals surface area contributed by atoms with Crippen molar-refractivity contribution >= 4 is 44.1 Å². The number of aromatic nitrogens is 1. The van der Waals surface area contributed by atoms with Gasteiger partial charge in [-0.15, -0.1) is 11.3 Å². The van der Waals surface area contributed by atoms with Crippen molar-refractivity contribution in [3.63, 3.8) is 0 Å². The standard InChI is InChI=1S/C18H11BrN2O4S/c19-11-4-1-3-10(9-11)14-13(15(22)12-5-2-7-25-12)16(23)17(24)21(14)18-20-6-8-26-18/h1-9,14,23H/t14-/m1/s1. The van der Waals surface area contributed by atoms with E-state index in [1.807, 2.05) is 6.07 Å². The van der Waals surface area contributed by atoms with E-state index in [2.05, 4.69) is 20.9 Å². The van der Waals surface area contributed by atoms with Crippen LogP contribution in [-0.2, 0) is 4.79 Å². The van der Waals surface area contributed by atoms with Crippen LogP contribution < -0.4 is 4.90 Å². The lowest BCUT2D eigenvalue weighted by Gasteiger charge is -2.24. The molecule has 4 rings (SSSR count). The van der Waals surface area contributed by atoms with Crippen LogP contribution >= 0.6 is 27.3 Å². The molecule has 0 aliphatic carbocycles. The molecule has 0 fully saturated rings. The van der Waals surface area contributed by atoms with Crippen LogP contribution in [0.1, 0.15) is 22.2 Å². The third-order valence-electron chi connectivity index (χ3n) is 3.99. The third-order valence-corrected chi connectivity index (χ3v) is 5.25. The predicted octanol–water partition coefficient (Wildman–Crippen LogP) is 4.28. The first-order chi connectivity index (χ1) is 12.6. The van der Waals surface area contributed by atoms with Crippen molar-refractivity contribution in [1.29, 1.82) is 0 Å². The Morgan fingerprint density at radius 2 is 2.15 bits per heavy atom. The number of hydrogen-bond donors (Lipinski definition) is 1. The van der Waals surface area contributed by atoms with Gasteiger partial charge in [-0.3, -0.25) is 14.5 Å². The Balaban J connectivity index is 1.89. The highest BCUT2D eigenvalue weighted by atomic mass is 79.9. The summed E-state index contributed by atoms with van der Waals surface area (Å²) in [5.74, 6) is -1.74.